The Morgan fingerprint density at radius 1 is 1.19 bits per heavy atom. The highest BCUT2D eigenvalue weighted by Crippen LogP contribution is 2.22. The molecule has 1 aliphatic heterocycles. The molecule has 7 heteroatoms. The molecule has 1 aliphatic rings. The summed E-state index contributed by atoms with van der Waals surface area (Å²) >= 11 is 13.5. The van der Waals surface area contributed by atoms with Crippen molar-refractivity contribution in [3.8, 4) is 0 Å². The summed E-state index contributed by atoms with van der Waals surface area (Å²) in [5, 5.41) is 3.34. The Morgan fingerprint density at radius 3 is 2.76 bits per heavy atom. The molecule has 1 saturated heterocycles. The monoisotopic (exact) mass is 346 g/mol. The fraction of sp³-hybridized carbons (Fsp3) is 0.429. The summed E-state index contributed by atoms with van der Waals surface area (Å²) < 4.78 is 0. The lowest BCUT2D eigenvalue weighted by Gasteiger charge is -2.20. The van der Waals surface area contributed by atoms with Crippen LogP contribution in [-0.4, -0.2) is 47.9 Å². The highest BCUT2D eigenvalue weighted by Gasteiger charge is 2.16. The second-order valence-electron chi connectivity index (χ2n) is 4.66. The lowest BCUT2D eigenvalue weighted by molar-refractivity contribution is -0.129. The van der Waals surface area contributed by atoms with Gasteiger partial charge in [-0.05, 0) is 30.4 Å². The van der Waals surface area contributed by atoms with E-state index in [2.05, 4.69) is 5.32 Å². The van der Waals surface area contributed by atoms with Gasteiger partial charge in [-0.25, -0.2) is 0 Å². The summed E-state index contributed by atoms with van der Waals surface area (Å²) in [6.07, 6.45) is 0.997. The fourth-order valence-corrected chi connectivity index (χ4v) is 3.19. The number of benzene rings is 1. The normalized spacial score (nSPS) is 15.4. The van der Waals surface area contributed by atoms with Gasteiger partial charge in [-0.2, -0.15) is 11.8 Å². The van der Waals surface area contributed by atoms with Crippen LogP contribution < -0.4 is 5.32 Å². The molecule has 0 atom stereocenters. The van der Waals surface area contributed by atoms with E-state index >= 15 is 0 Å². The zero-order chi connectivity index (χ0) is 15.2. The number of nitrogens with one attached hydrogen (secondary N) is 1. The SMILES string of the molecule is O=C(NCC(=O)N1CCCSCC1)c1ccc(Cl)c(Cl)c1. The smallest absolute Gasteiger partial charge is 0.251 e. The Bertz CT molecular complexity index is 532. The van der Waals surface area contributed by atoms with Crippen LogP contribution in [0.5, 0.6) is 0 Å². The van der Waals surface area contributed by atoms with Crippen molar-refractivity contribution in [2.75, 3.05) is 31.1 Å². The van der Waals surface area contributed by atoms with Crippen molar-refractivity contribution in [1.82, 2.24) is 10.2 Å². The average Bonchev–Trinajstić information content (AvgIpc) is 2.76. The predicted octanol–water partition coefficient (Wildman–Crippen LogP) is 2.69. The molecule has 0 bridgehead atoms. The highest BCUT2D eigenvalue weighted by molar-refractivity contribution is 7.99. The zero-order valence-electron chi connectivity index (χ0n) is 11.4. The van der Waals surface area contributed by atoms with Crippen LogP contribution in [0.1, 0.15) is 16.8 Å². The molecular weight excluding hydrogens is 331 g/mol. The maximum Gasteiger partial charge on any atom is 0.251 e. The molecule has 2 amide bonds. The number of nitrogens with zero attached hydrogens (tertiary/aromatic N) is 1. The molecule has 21 heavy (non-hydrogen) atoms. The van der Waals surface area contributed by atoms with Crippen molar-refractivity contribution in [3.05, 3.63) is 33.8 Å². The molecule has 0 aliphatic carbocycles. The maximum atomic E-state index is 12.1. The average molecular weight is 347 g/mol. The van der Waals surface area contributed by atoms with Gasteiger partial charge in [-0.15, -0.1) is 0 Å². The zero-order valence-corrected chi connectivity index (χ0v) is 13.7. The minimum Gasteiger partial charge on any atom is -0.343 e. The third-order valence-corrected chi connectivity index (χ3v) is 4.94. The van der Waals surface area contributed by atoms with Crippen molar-refractivity contribution in [3.63, 3.8) is 0 Å². The third kappa shape index (κ3) is 4.80. The van der Waals surface area contributed by atoms with Crippen molar-refractivity contribution < 1.29 is 9.59 Å². The highest BCUT2D eigenvalue weighted by atomic mass is 35.5. The van der Waals surface area contributed by atoms with Gasteiger partial charge in [0, 0.05) is 24.4 Å². The van der Waals surface area contributed by atoms with E-state index in [0.717, 1.165) is 31.0 Å². The van der Waals surface area contributed by atoms with Crippen LogP contribution in [0.15, 0.2) is 18.2 Å². The molecule has 2 rings (SSSR count). The Morgan fingerprint density at radius 2 is 2.00 bits per heavy atom. The fourth-order valence-electron chi connectivity index (χ4n) is 2.00. The van der Waals surface area contributed by atoms with E-state index in [1.807, 2.05) is 11.8 Å². The molecular formula is C14H16Cl2N2O2S. The van der Waals surface area contributed by atoms with Gasteiger partial charge in [0.1, 0.15) is 0 Å². The van der Waals surface area contributed by atoms with Crippen LogP contribution in [-0.2, 0) is 4.79 Å². The van der Waals surface area contributed by atoms with Crippen molar-refractivity contribution in [2.45, 2.75) is 6.42 Å². The van der Waals surface area contributed by atoms with Gasteiger partial charge in [0.25, 0.3) is 5.91 Å². The number of hydrogen-bond acceptors (Lipinski definition) is 3. The van der Waals surface area contributed by atoms with Crippen molar-refractivity contribution >= 4 is 46.8 Å². The van der Waals surface area contributed by atoms with Gasteiger partial charge in [-0.3, -0.25) is 9.59 Å². The van der Waals surface area contributed by atoms with E-state index < -0.39 is 0 Å². The molecule has 0 unspecified atom stereocenters. The summed E-state index contributed by atoms with van der Waals surface area (Å²) in [6, 6.07) is 4.63. The van der Waals surface area contributed by atoms with Gasteiger partial charge in [-0.1, -0.05) is 23.2 Å². The second kappa shape index (κ2) is 7.92. The summed E-state index contributed by atoms with van der Waals surface area (Å²) in [4.78, 5) is 25.8. The van der Waals surface area contributed by atoms with Crippen LogP contribution in [0, 0.1) is 0 Å². The molecule has 1 N–H and O–H groups in total. The van der Waals surface area contributed by atoms with Gasteiger partial charge in [0.2, 0.25) is 5.91 Å². The minimum atomic E-state index is -0.328. The summed E-state index contributed by atoms with van der Waals surface area (Å²) in [5.74, 6) is 1.66. The van der Waals surface area contributed by atoms with Crippen molar-refractivity contribution in [1.29, 1.82) is 0 Å². The first-order valence-corrected chi connectivity index (χ1v) is 8.58. The first-order chi connectivity index (χ1) is 10.1. The lowest BCUT2D eigenvalue weighted by Crippen LogP contribution is -2.41. The minimum absolute atomic E-state index is 0.00372. The number of carbonyl (C=O) groups excluding carboxylic acids is 2. The van der Waals surface area contributed by atoms with Crippen LogP contribution in [0.4, 0.5) is 0 Å². The molecule has 0 spiro atoms. The van der Waals surface area contributed by atoms with Gasteiger partial charge in [0.15, 0.2) is 0 Å². The van der Waals surface area contributed by atoms with Gasteiger partial charge >= 0.3 is 0 Å². The first-order valence-electron chi connectivity index (χ1n) is 6.66. The Kier molecular flexibility index (Phi) is 6.21. The predicted molar refractivity (Wildman–Crippen MR) is 87.3 cm³/mol. The summed E-state index contributed by atoms with van der Waals surface area (Å²) in [7, 11) is 0. The van der Waals surface area contributed by atoms with E-state index in [1.54, 1.807) is 17.0 Å². The Hall–Kier alpha value is -0.910. The molecule has 0 aromatic heterocycles. The number of amides is 2. The Balaban J connectivity index is 1.87. The summed E-state index contributed by atoms with van der Waals surface area (Å²) in [5.41, 5.74) is 0.392. The van der Waals surface area contributed by atoms with E-state index in [4.69, 9.17) is 23.2 Å². The third-order valence-electron chi connectivity index (χ3n) is 3.16. The number of thioether (sulfide) groups is 1. The van der Waals surface area contributed by atoms with Gasteiger partial charge < -0.3 is 10.2 Å². The Labute approximate surface area is 138 Å². The van der Waals surface area contributed by atoms with Crippen molar-refractivity contribution in [2.24, 2.45) is 0 Å². The number of hydrogen-bond donors (Lipinski definition) is 1. The second-order valence-corrected chi connectivity index (χ2v) is 6.70. The molecule has 1 heterocycles. The molecule has 1 aromatic carbocycles. The van der Waals surface area contributed by atoms with Crippen LogP contribution in [0.2, 0.25) is 10.0 Å². The number of rotatable bonds is 3. The van der Waals surface area contributed by atoms with Crippen LogP contribution in [0.25, 0.3) is 0 Å². The van der Waals surface area contributed by atoms with E-state index in [9.17, 15) is 9.59 Å². The van der Waals surface area contributed by atoms with Crippen LogP contribution in [0.3, 0.4) is 0 Å². The lowest BCUT2D eigenvalue weighted by atomic mass is 10.2. The molecule has 1 fully saturated rings. The largest absolute Gasteiger partial charge is 0.343 e. The quantitative estimate of drug-likeness (QED) is 0.915. The van der Waals surface area contributed by atoms with Crippen LogP contribution >= 0.6 is 35.0 Å². The first kappa shape index (κ1) is 16.5. The topological polar surface area (TPSA) is 49.4 Å². The molecule has 4 nitrogen and oxygen atoms in total. The van der Waals surface area contributed by atoms with E-state index in [0.29, 0.717) is 15.6 Å². The number of halogens is 2. The maximum absolute atomic E-state index is 12.1. The number of carbonyl (C=O) groups is 2. The molecule has 0 saturated carbocycles. The van der Waals surface area contributed by atoms with Gasteiger partial charge in [0.05, 0.1) is 16.6 Å². The molecule has 0 radical (unpaired) electrons. The standard InChI is InChI=1S/C14H16Cl2N2O2S/c15-11-3-2-10(8-12(11)16)14(20)17-9-13(19)18-4-1-6-21-7-5-18/h2-3,8H,1,4-7,9H2,(H,17,20). The molecule has 1 aromatic rings. The summed E-state index contributed by atoms with van der Waals surface area (Å²) in [6.45, 7) is 1.50. The van der Waals surface area contributed by atoms with E-state index in [1.165, 1.54) is 6.07 Å². The molecule has 114 valence electrons. The van der Waals surface area contributed by atoms with E-state index in [-0.39, 0.29) is 18.4 Å².